The largest absolute Gasteiger partial charge is 0.389 e. The monoisotopic (exact) mass is 304 g/mol. The lowest BCUT2D eigenvalue weighted by atomic mass is 10.2. The van der Waals surface area contributed by atoms with Gasteiger partial charge in [-0.1, -0.05) is 26.1 Å². The van der Waals surface area contributed by atoms with E-state index in [1.165, 1.54) is 16.4 Å². The quantitative estimate of drug-likeness (QED) is 0.815. The van der Waals surface area contributed by atoms with Gasteiger partial charge in [-0.3, -0.25) is 0 Å². The van der Waals surface area contributed by atoms with Gasteiger partial charge in [0.05, 0.1) is 4.90 Å². The second-order valence-corrected chi connectivity index (χ2v) is 6.38. The number of nitrogens with zero attached hydrogens (tertiary/aromatic N) is 1. The summed E-state index contributed by atoms with van der Waals surface area (Å²) in [7, 11) is -3.63. The summed E-state index contributed by atoms with van der Waals surface area (Å²) in [6, 6.07) is 3.48. The van der Waals surface area contributed by atoms with Crippen LogP contribution >= 0.6 is 12.2 Å². The zero-order chi connectivity index (χ0) is 14.6. The van der Waals surface area contributed by atoms with Crippen molar-refractivity contribution < 1.29 is 12.8 Å². The van der Waals surface area contributed by atoms with E-state index >= 15 is 0 Å². The lowest BCUT2D eigenvalue weighted by molar-refractivity contribution is 0.427. The van der Waals surface area contributed by atoms with Crippen LogP contribution in [0.25, 0.3) is 0 Å². The van der Waals surface area contributed by atoms with E-state index in [4.69, 9.17) is 18.0 Å². The van der Waals surface area contributed by atoms with E-state index in [0.29, 0.717) is 19.5 Å². The molecule has 0 atom stereocenters. The van der Waals surface area contributed by atoms with Gasteiger partial charge in [-0.15, -0.1) is 0 Å². The third-order valence-corrected chi connectivity index (χ3v) is 4.86. The lowest BCUT2D eigenvalue weighted by Crippen LogP contribution is -2.31. The minimum atomic E-state index is -3.63. The number of halogens is 1. The Hall–Kier alpha value is -1.05. The Morgan fingerprint density at radius 2 is 2.05 bits per heavy atom. The van der Waals surface area contributed by atoms with Gasteiger partial charge in [-0.05, 0) is 24.6 Å². The van der Waals surface area contributed by atoms with E-state index in [9.17, 15) is 12.8 Å². The Labute approximate surface area is 118 Å². The molecule has 0 amide bonds. The zero-order valence-corrected chi connectivity index (χ0v) is 12.5. The molecule has 0 saturated carbocycles. The predicted octanol–water partition coefficient (Wildman–Crippen LogP) is 1.88. The summed E-state index contributed by atoms with van der Waals surface area (Å²) in [6.07, 6.45) is 0.705. The number of benzene rings is 1. The van der Waals surface area contributed by atoms with Crippen LogP contribution in [0.15, 0.2) is 23.1 Å². The minimum Gasteiger partial charge on any atom is -0.389 e. The number of rotatable bonds is 6. The molecular weight excluding hydrogens is 287 g/mol. The maximum atomic E-state index is 13.5. The van der Waals surface area contributed by atoms with E-state index in [-0.39, 0.29) is 15.4 Å². The van der Waals surface area contributed by atoms with Crippen LogP contribution in [-0.2, 0) is 10.0 Å². The molecule has 19 heavy (non-hydrogen) atoms. The molecule has 0 saturated heterocycles. The van der Waals surface area contributed by atoms with Crippen molar-refractivity contribution >= 4 is 27.2 Å². The van der Waals surface area contributed by atoms with Crippen molar-refractivity contribution in [1.82, 2.24) is 4.31 Å². The first kappa shape index (κ1) is 16.0. The molecule has 0 aliphatic heterocycles. The molecule has 0 aliphatic carbocycles. The van der Waals surface area contributed by atoms with Crippen molar-refractivity contribution in [1.29, 1.82) is 0 Å². The van der Waals surface area contributed by atoms with Gasteiger partial charge in [-0.25, -0.2) is 12.8 Å². The molecule has 0 aliphatic rings. The Morgan fingerprint density at radius 1 is 1.42 bits per heavy atom. The Kier molecular flexibility index (Phi) is 5.39. The SMILES string of the molecule is CCCN(CC)S(=O)(=O)c1ccc(F)c(C(N)=S)c1. The molecule has 106 valence electrons. The second kappa shape index (κ2) is 6.40. The third kappa shape index (κ3) is 3.49. The normalized spacial score (nSPS) is 11.8. The molecule has 0 aromatic heterocycles. The summed E-state index contributed by atoms with van der Waals surface area (Å²) in [6.45, 7) is 4.42. The number of hydrogen-bond acceptors (Lipinski definition) is 3. The molecule has 0 heterocycles. The maximum absolute atomic E-state index is 13.5. The summed E-state index contributed by atoms with van der Waals surface area (Å²) in [5, 5.41) is 0. The average Bonchev–Trinajstić information content (AvgIpc) is 2.35. The van der Waals surface area contributed by atoms with Crippen molar-refractivity contribution in [2.45, 2.75) is 25.2 Å². The predicted molar refractivity (Wildman–Crippen MR) is 77.0 cm³/mol. The van der Waals surface area contributed by atoms with Crippen LogP contribution in [-0.4, -0.2) is 30.8 Å². The van der Waals surface area contributed by atoms with Crippen molar-refractivity contribution in [2.75, 3.05) is 13.1 Å². The highest BCUT2D eigenvalue weighted by Gasteiger charge is 2.23. The molecule has 1 aromatic rings. The topological polar surface area (TPSA) is 63.4 Å². The molecule has 0 unspecified atom stereocenters. The third-order valence-electron chi connectivity index (χ3n) is 2.67. The molecule has 4 nitrogen and oxygen atoms in total. The molecule has 0 bridgehead atoms. The standard InChI is InChI=1S/C12H17FN2O2S2/c1-3-7-15(4-2)19(16,17)9-5-6-11(13)10(8-9)12(14)18/h5-6,8H,3-4,7H2,1-2H3,(H2,14,18). The van der Waals surface area contributed by atoms with Gasteiger partial charge in [0, 0.05) is 18.7 Å². The fourth-order valence-corrected chi connectivity index (χ4v) is 3.42. The average molecular weight is 304 g/mol. The van der Waals surface area contributed by atoms with Crippen LogP contribution in [0.2, 0.25) is 0 Å². The molecule has 0 radical (unpaired) electrons. The summed E-state index contributed by atoms with van der Waals surface area (Å²) in [4.78, 5) is -0.153. The fraction of sp³-hybridized carbons (Fsp3) is 0.417. The first-order valence-corrected chi connectivity index (χ1v) is 7.78. The number of hydrogen-bond donors (Lipinski definition) is 1. The Balaban J connectivity index is 3.29. The Morgan fingerprint density at radius 3 is 2.53 bits per heavy atom. The first-order valence-electron chi connectivity index (χ1n) is 5.94. The fourth-order valence-electron chi connectivity index (χ4n) is 1.70. The maximum Gasteiger partial charge on any atom is 0.243 e. The van der Waals surface area contributed by atoms with Gasteiger partial charge in [0.15, 0.2) is 0 Å². The van der Waals surface area contributed by atoms with Gasteiger partial charge in [0.25, 0.3) is 0 Å². The second-order valence-electron chi connectivity index (χ2n) is 4.00. The van der Waals surface area contributed by atoms with Crippen LogP contribution in [0.5, 0.6) is 0 Å². The number of nitrogens with two attached hydrogens (primary N) is 1. The van der Waals surface area contributed by atoms with Crippen LogP contribution in [0, 0.1) is 5.82 Å². The highest BCUT2D eigenvalue weighted by atomic mass is 32.2. The van der Waals surface area contributed by atoms with E-state index in [1.54, 1.807) is 6.92 Å². The van der Waals surface area contributed by atoms with Gasteiger partial charge >= 0.3 is 0 Å². The highest BCUT2D eigenvalue weighted by molar-refractivity contribution is 7.89. The first-order chi connectivity index (χ1) is 8.84. The molecule has 0 spiro atoms. The van der Waals surface area contributed by atoms with Gasteiger partial charge in [0.2, 0.25) is 10.0 Å². The molecule has 2 N–H and O–H groups in total. The van der Waals surface area contributed by atoms with Crippen molar-refractivity contribution in [3.8, 4) is 0 Å². The molecular formula is C12H17FN2O2S2. The summed E-state index contributed by atoms with van der Waals surface area (Å²) >= 11 is 4.71. The van der Waals surface area contributed by atoms with Crippen LogP contribution in [0.4, 0.5) is 4.39 Å². The molecule has 1 rings (SSSR count). The number of thiocarbonyl (C=S) groups is 1. The molecule has 7 heteroatoms. The van der Waals surface area contributed by atoms with Gasteiger partial charge in [-0.2, -0.15) is 4.31 Å². The van der Waals surface area contributed by atoms with E-state index in [1.807, 2.05) is 6.92 Å². The van der Waals surface area contributed by atoms with Crippen molar-refractivity contribution in [3.05, 3.63) is 29.6 Å². The van der Waals surface area contributed by atoms with E-state index < -0.39 is 15.8 Å². The van der Waals surface area contributed by atoms with Crippen molar-refractivity contribution in [2.24, 2.45) is 5.73 Å². The molecule has 1 aromatic carbocycles. The summed E-state index contributed by atoms with van der Waals surface area (Å²) in [5.74, 6) is -0.620. The van der Waals surface area contributed by atoms with Gasteiger partial charge in [0.1, 0.15) is 10.8 Å². The van der Waals surface area contributed by atoms with Crippen LogP contribution in [0.3, 0.4) is 0 Å². The summed E-state index contributed by atoms with van der Waals surface area (Å²) in [5.41, 5.74) is 5.32. The zero-order valence-electron chi connectivity index (χ0n) is 10.9. The Bertz CT molecular complexity index is 573. The summed E-state index contributed by atoms with van der Waals surface area (Å²) < 4.78 is 39.5. The van der Waals surface area contributed by atoms with E-state index in [0.717, 1.165) is 6.07 Å². The van der Waals surface area contributed by atoms with Gasteiger partial charge < -0.3 is 5.73 Å². The van der Waals surface area contributed by atoms with E-state index in [2.05, 4.69) is 0 Å². The molecule has 0 fully saturated rings. The number of sulfonamides is 1. The van der Waals surface area contributed by atoms with Crippen molar-refractivity contribution in [3.63, 3.8) is 0 Å². The smallest absolute Gasteiger partial charge is 0.243 e. The van der Waals surface area contributed by atoms with Crippen LogP contribution in [0.1, 0.15) is 25.8 Å². The lowest BCUT2D eigenvalue weighted by Gasteiger charge is -2.20. The minimum absolute atomic E-state index is 0.00648. The van der Waals surface area contributed by atoms with Crippen LogP contribution < -0.4 is 5.73 Å². The highest BCUT2D eigenvalue weighted by Crippen LogP contribution is 2.19.